The molecule has 88 valence electrons. The van der Waals surface area contributed by atoms with Crippen LogP contribution in [0.25, 0.3) is 0 Å². The standard InChI is InChI=1S/C9H16O4S2/c1-15(12,13)8-4-2-3-7(5-8)14-6-9(10)11/h7-8H,2-6H2,1H3,(H,10,11). The molecule has 1 rings (SSSR count). The van der Waals surface area contributed by atoms with Gasteiger partial charge in [0.1, 0.15) is 9.84 Å². The van der Waals surface area contributed by atoms with Crippen LogP contribution < -0.4 is 0 Å². The number of carboxylic acids is 1. The number of aliphatic carboxylic acids is 1. The quantitative estimate of drug-likeness (QED) is 0.813. The molecule has 1 fully saturated rings. The first-order chi connectivity index (χ1) is 6.89. The molecule has 0 aliphatic heterocycles. The summed E-state index contributed by atoms with van der Waals surface area (Å²) >= 11 is 1.36. The summed E-state index contributed by atoms with van der Waals surface area (Å²) in [4.78, 5) is 10.4. The molecule has 1 aliphatic carbocycles. The zero-order valence-electron chi connectivity index (χ0n) is 8.68. The van der Waals surface area contributed by atoms with Gasteiger partial charge in [-0.15, -0.1) is 11.8 Å². The number of carbonyl (C=O) groups is 1. The minimum Gasteiger partial charge on any atom is -0.481 e. The monoisotopic (exact) mass is 252 g/mol. The highest BCUT2D eigenvalue weighted by Crippen LogP contribution is 2.31. The summed E-state index contributed by atoms with van der Waals surface area (Å²) < 4.78 is 22.7. The molecule has 2 atom stereocenters. The predicted molar refractivity (Wildman–Crippen MR) is 61.0 cm³/mol. The maximum absolute atomic E-state index is 11.3. The van der Waals surface area contributed by atoms with Gasteiger partial charge in [0.15, 0.2) is 0 Å². The van der Waals surface area contributed by atoms with Crippen molar-refractivity contribution in [1.82, 2.24) is 0 Å². The van der Waals surface area contributed by atoms with Gasteiger partial charge in [0.25, 0.3) is 0 Å². The fourth-order valence-electron chi connectivity index (χ4n) is 1.83. The van der Waals surface area contributed by atoms with Gasteiger partial charge >= 0.3 is 5.97 Å². The summed E-state index contributed by atoms with van der Waals surface area (Å²) in [6.45, 7) is 0. The van der Waals surface area contributed by atoms with Crippen molar-refractivity contribution in [2.75, 3.05) is 12.0 Å². The Morgan fingerprint density at radius 2 is 2.13 bits per heavy atom. The van der Waals surface area contributed by atoms with E-state index in [1.54, 1.807) is 0 Å². The lowest BCUT2D eigenvalue weighted by atomic mass is 10.00. The molecule has 2 unspecified atom stereocenters. The zero-order valence-corrected chi connectivity index (χ0v) is 10.3. The number of carboxylic acid groups (broad SMARTS) is 1. The van der Waals surface area contributed by atoms with Gasteiger partial charge in [0.05, 0.1) is 11.0 Å². The largest absolute Gasteiger partial charge is 0.481 e. The SMILES string of the molecule is CS(=O)(=O)C1CCCC(SCC(=O)O)C1. The maximum atomic E-state index is 11.3. The van der Waals surface area contributed by atoms with Crippen molar-refractivity contribution in [1.29, 1.82) is 0 Å². The lowest BCUT2D eigenvalue weighted by Gasteiger charge is -2.27. The molecule has 0 bridgehead atoms. The first kappa shape index (κ1) is 12.8. The van der Waals surface area contributed by atoms with Crippen molar-refractivity contribution in [3.05, 3.63) is 0 Å². The van der Waals surface area contributed by atoms with Crippen LogP contribution in [0.2, 0.25) is 0 Å². The normalized spacial score (nSPS) is 27.5. The van der Waals surface area contributed by atoms with Crippen molar-refractivity contribution >= 4 is 27.6 Å². The third kappa shape index (κ3) is 4.42. The van der Waals surface area contributed by atoms with E-state index in [9.17, 15) is 13.2 Å². The Bertz CT molecular complexity index is 323. The molecule has 1 saturated carbocycles. The third-order valence-electron chi connectivity index (χ3n) is 2.63. The molecule has 0 saturated heterocycles. The molecular weight excluding hydrogens is 236 g/mol. The Morgan fingerprint density at radius 3 is 2.67 bits per heavy atom. The van der Waals surface area contributed by atoms with Crippen LogP contribution in [0.1, 0.15) is 25.7 Å². The summed E-state index contributed by atoms with van der Waals surface area (Å²) in [5, 5.41) is 8.45. The molecule has 0 aromatic carbocycles. The highest BCUT2D eigenvalue weighted by atomic mass is 32.2. The van der Waals surface area contributed by atoms with Crippen LogP contribution in [0.5, 0.6) is 0 Å². The van der Waals surface area contributed by atoms with Gasteiger partial charge in [-0.25, -0.2) is 8.42 Å². The summed E-state index contributed by atoms with van der Waals surface area (Å²) in [6.07, 6.45) is 4.42. The number of thioether (sulfide) groups is 1. The predicted octanol–water partition coefficient (Wildman–Crippen LogP) is 1.16. The lowest BCUT2D eigenvalue weighted by Crippen LogP contribution is -2.29. The molecule has 6 heteroatoms. The van der Waals surface area contributed by atoms with Crippen LogP contribution in [-0.4, -0.2) is 42.0 Å². The van der Waals surface area contributed by atoms with Gasteiger partial charge < -0.3 is 5.11 Å². The third-order valence-corrected chi connectivity index (χ3v) is 5.58. The minimum absolute atomic E-state index is 0.0706. The number of hydrogen-bond donors (Lipinski definition) is 1. The van der Waals surface area contributed by atoms with Gasteiger partial charge in [0.2, 0.25) is 0 Å². The van der Waals surface area contributed by atoms with E-state index in [0.29, 0.717) is 6.42 Å². The van der Waals surface area contributed by atoms with E-state index < -0.39 is 15.8 Å². The Balaban J connectivity index is 2.46. The molecule has 1 N–H and O–H groups in total. The molecule has 0 spiro atoms. The van der Waals surface area contributed by atoms with E-state index in [1.807, 2.05) is 0 Å². The van der Waals surface area contributed by atoms with E-state index in [-0.39, 0.29) is 16.3 Å². The lowest BCUT2D eigenvalue weighted by molar-refractivity contribution is -0.133. The Hall–Kier alpha value is -0.230. The molecule has 0 amide bonds. The van der Waals surface area contributed by atoms with E-state index in [2.05, 4.69) is 0 Å². The van der Waals surface area contributed by atoms with Crippen molar-refractivity contribution in [3.63, 3.8) is 0 Å². The highest BCUT2D eigenvalue weighted by molar-refractivity contribution is 8.00. The average molecular weight is 252 g/mol. The summed E-state index contributed by atoms with van der Waals surface area (Å²) in [7, 11) is -2.96. The first-order valence-corrected chi connectivity index (χ1v) is 7.92. The number of sulfone groups is 1. The Morgan fingerprint density at radius 1 is 1.47 bits per heavy atom. The Labute approximate surface area is 94.4 Å². The summed E-state index contributed by atoms with van der Waals surface area (Å²) in [6, 6.07) is 0. The van der Waals surface area contributed by atoms with Crippen molar-refractivity contribution in [2.45, 2.75) is 36.2 Å². The van der Waals surface area contributed by atoms with Crippen LogP contribution >= 0.6 is 11.8 Å². The summed E-state index contributed by atoms with van der Waals surface area (Å²) in [5.74, 6) is -0.761. The van der Waals surface area contributed by atoms with Crippen molar-refractivity contribution in [3.8, 4) is 0 Å². The second kappa shape index (κ2) is 5.21. The van der Waals surface area contributed by atoms with Crippen LogP contribution in [-0.2, 0) is 14.6 Å². The highest BCUT2D eigenvalue weighted by Gasteiger charge is 2.29. The van der Waals surface area contributed by atoms with Gasteiger partial charge in [0, 0.05) is 11.5 Å². The smallest absolute Gasteiger partial charge is 0.313 e. The minimum atomic E-state index is -2.96. The van der Waals surface area contributed by atoms with Crippen molar-refractivity contribution in [2.24, 2.45) is 0 Å². The molecule has 0 aromatic rings. The fraction of sp³-hybridized carbons (Fsp3) is 0.889. The van der Waals surface area contributed by atoms with Gasteiger partial charge in [-0.3, -0.25) is 4.79 Å². The van der Waals surface area contributed by atoms with Gasteiger partial charge in [-0.05, 0) is 19.3 Å². The molecule has 4 nitrogen and oxygen atoms in total. The topological polar surface area (TPSA) is 71.4 Å². The second-order valence-electron chi connectivity index (χ2n) is 3.94. The zero-order chi connectivity index (χ0) is 11.5. The molecular formula is C9H16O4S2. The molecule has 0 heterocycles. The van der Waals surface area contributed by atoms with E-state index in [1.165, 1.54) is 18.0 Å². The van der Waals surface area contributed by atoms with Gasteiger partial charge in [-0.2, -0.15) is 0 Å². The van der Waals surface area contributed by atoms with E-state index in [4.69, 9.17) is 5.11 Å². The molecule has 15 heavy (non-hydrogen) atoms. The molecule has 1 aliphatic rings. The second-order valence-corrected chi connectivity index (χ2v) is 7.56. The molecule has 0 radical (unpaired) electrons. The average Bonchev–Trinajstić information content (AvgIpc) is 2.14. The van der Waals surface area contributed by atoms with Crippen LogP contribution in [0.15, 0.2) is 0 Å². The van der Waals surface area contributed by atoms with E-state index >= 15 is 0 Å². The van der Waals surface area contributed by atoms with E-state index in [0.717, 1.165) is 19.3 Å². The van der Waals surface area contributed by atoms with Crippen LogP contribution in [0.3, 0.4) is 0 Å². The molecule has 0 aromatic heterocycles. The number of rotatable bonds is 4. The summed E-state index contributed by atoms with van der Waals surface area (Å²) in [5.41, 5.74) is 0. The fourth-order valence-corrected chi connectivity index (χ4v) is 4.21. The van der Waals surface area contributed by atoms with Crippen LogP contribution in [0.4, 0.5) is 0 Å². The van der Waals surface area contributed by atoms with Crippen molar-refractivity contribution < 1.29 is 18.3 Å². The van der Waals surface area contributed by atoms with Gasteiger partial charge in [-0.1, -0.05) is 6.42 Å². The number of hydrogen-bond acceptors (Lipinski definition) is 4. The maximum Gasteiger partial charge on any atom is 0.313 e. The van der Waals surface area contributed by atoms with Crippen LogP contribution in [0, 0.1) is 0 Å². The Kier molecular flexibility index (Phi) is 4.45. The first-order valence-electron chi connectivity index (χ1n) is 4.92.